The van der Waals surface area contributed by atoms with Crippen LogP contribution in [0.25, 0.3) is 0 Å². The van der Waals surface area contributed by atoms with E-state index in [9.17, 15) is 21.6 Å². The molecule has 0 aliphatic rings. The fraction of sp³-hybridized carbons (Fsp3) is 0.250. The standard InChI is InChI=1S/C8H6ClF3O2S/c9-7(10)8(11,12)15(13,14)6-4-2-1-3-5-6/h1-5,7H. The third-order valence-electron chi connectivity index (χ3n) is 1.67. The number of alkyl halides is 4. The Morgan fingerprint density at radius 1 is 1.20 bits per heavy atom. The summed E-state index contributed by atoms with van der Waals surface area (Å²) in [5.74, 6) is 0. The number of hydrogen-bond donors (Lipinski definition) is 0. The van der Waals surface area contributed by atoms with Gasteiger partial charge in [0.05, 0.1) is 4.90 Å². The van der Waals surface area contributed by atoms with Gasteiger partial charge in [0, 0.05) is 0 Å². The first kappa shape index (κ1) is 12.3. The monoisotopic (exact) mass is 258 g/mol. The summed E-state index contributed by atoms with van der Waals surface area (Å²) in [7, 11) is -5.08. The van der Waals surface area contributed by atoms with E-state index in [1.807, 2.05) is 0 Å². The predicted octanol–water partition coefficient (Wildman–Crippen LogP) is 2.59. The molecule has 1 aromatic rings. The molecule has 0 bridgehead atoms. The Morgan fingerprint density at radius 3 is 2.07 bits per heavy atom. The highest BCUT2D eigenvalue weighted by atomic mass is 35.5. The van der Waals surface area contributed by atoms with E-state index in [-0.39, 0.29) is 0 Å². The first-order valence-electron chi connectivity index (χ1n) is 3.76. The van der Waals surface area contributed by atoms with Crippen molar-refractivity contribution in [3.8, 4) is 0 Å². The van der Waals surface area contributed by atoms with E-state index in [4.69, 9.17) is 0 Å². The minimum Gasteiger partial charge on any atom is -0.222 e. The van der Waals surface area contributed by atoms with Gasteiger partial charge < -0.3 is 0 Å². The van der Waals surface area contributed by atoms with Gasteiger partial charge >= 0.3 is 5.25 Å². The number of sulfone groups is 1. The van der Waals surface area contributed by atoms with Gasteiger partial charge in [0.25, 0.3) is 5.63 Å². The Kier molecular flexibility index (Phi) is 3.30. The highest BCUT2D eigenvalue weighted by molar-refractivity contribution is 7.92. The average Bonchev–Trinajstić information content (AvgIpc) is 2.18. The molecule has 1 unspecified atom stereocenters. The first-order valence-corrected chi connectivity index (χ1v) is 5.67. The zero-order chi connectivity index (χ0) is 11.7. The molecule has 0 amide bonds. The SMILES string of the molecule is O=S(=O)(c1ccccc1)C(F)(F)C(F)Cl. The van der Waals surface area contributed by atoms with Crippen molar-refractivity contribution < 1.29 is 21.6 Å². The molecule has 0 N–H and O–H groups in total. The lowest BCUT2D eigenvalue weighted by Crippen LogP contribution is -2.35. The zero-order valence-electron chi connectivity index (χ0n) is 7.20. The van der Waals surface area contributed by atoms with Gasteiger partial charge in [0.2, 0.25) is 9.84 Å². The Bertz CT molecular complexity index is 430. The van der Waals surface area contributed by atoms with Crippen molar-refractivity contribution in [2.75, 3.05) is 0 Å². The maximum Gasteiger partial charge on any atom is 0.393 e. The molecule has 0 saturated heterocycles. The molecule has 84 valence electrons. The fourth-order valence-corrected chi connectivity index (χ4v) is 2.29. The summed E-state index contributed by atoms with van der Waals surface area (Å²) >= 11 is 4.51. The van der Waals surface area contributed by atoms with Crippen LogP contribution in [0.3, 0.4) is 0 Å². The minimum absolute atomic E-state index is 0.668. The van der Waals surface area contributed by atoms with Gasteiger partial charge in [-0.3, -0.25) is 0 Å². The molecule has 1 rings (SSSR count). The van der Waals surface area contributed by atoms with E-state index >= 15 is 0 Å². The van der Waals surface area contributed by atoms with Crippen LogP contribution in [0.5, 0.6) is 0 Å². The van der Waals surface area contributed by atoms with Crippen molar-refractivity contribution in [3.05, 3.63) is 30.3 Å². The molecule has 1 atom stereocenters. The van der Waals surface area contributed by atoms with Crippen LogP contribution < -0.4 is 0 Å². The van der Waals surface area contributed by atoms with Gasteiger partial charge in [-0.25, -0.2) is 12.8 Å². The maximum absolute atomic E-state index is 12.9. The summed E-state index contributed by atoms with van der Waals surface area (Å²) in [4.78, 5) is -0.668. The van der Waals surface area contributed by atoms with Gasteiger partial charge in [-0.05, 0) is 12.1 Å². The molecule has 0 spiro atoms. The van der Waals surface area contributed by atoms with E-state index in [1.165, 1.54) is 18.2 Å². The number of benzene rings is 1. The lowest BCUT2D eigenvalue weighted by molar-refractivity contribution is 0.0423. The topological polar surface area (TPSA) is 34.1 Å². The zero-order valence-corrected chi connectivity index (χ0v) is 8.77. The van der Waals surface area contributed by atoms with Gasteiger partial charge in [0.1, 0.15) is 0 Å². The average molecular weight is 259 g/mol. The van der Waals surface area contributed by atoms with Crippen LogP contribution in [0.1, 0.15) is 0 Å². The second-order valence-electron chi connectivity index (χ2n) is 2.68. The van der Waals surface area contributed by atoms with E-state index in [0.717, 1.165) is 12.1 Å². The van der Waals surface area contributed by atoms with Crippen LogP contribution in [-0.2, 0) is 9.84 Å². The molecular formula is C8H6ClF3O2S. The Labute approximate surface area is 89.6 Å². The summed E-state index contributed by atoms with van der Waals surface area (Å²) in [5.41, 5.74) is -3.28. The minimum atomic E-state index is -5.08. The molecule has 0 aliphatic heterocycles. The summed E-state index contributed by atoms with van der Waals surface area (Å²) < 4.78 is 60.6. The Morgan fingerprint density at radius 2 is 1.67 bits per heavy atom. The smallest absolute Gasteiger partial charge is 0.222 e. The van der Waals surface area contributed by atoms with Crippen LogP contribution in [0.2, 0.25) is 0 Å². The van der Waals surface area contributed by atoms with Gasteiger partial charge in [-0.15, -0.1) is 0 Å². The van der Waals surface area contributed by atoms with E-state index in [0.29, 0.717) is 0 Å². The highest BCUT2D eigenvalue weighted by Crippen LogP contribution is 2.35. The van der Waals surface area contributed by atoms with E-state index in [2.05, 4.69) is 11.6 Å². The fourth-order valence-electron chi connectivity index (χ4n) is 0.874. The summed E-state index contributed by atoms with van der Waals surface area (Å²) in [6, 6.07) is 5.85. The summed E-state index contributed by atoms with van der Waals surface area (Å²) in [6.45, 7) is 0. The second-order valence-corrected chi connectivity index (χ2v) is 5.08. The third-order valence-corrected chi connectivity index (χ3v) is 3.89. The molecule has 0 heterocycles. The van der Waals surface area contributed by atoms with Gasteiger partial charge in [0.15, 0.2) is 0 Å². The van der Waals surface area contributed by atoms with Crippen molar-refractivity contribution in [3.63, 3.8) is 0 Å². The third kappa shape index (κ3) is 2.10. The van der Waals surface area contributed by atoms with Gasteiger partial charge in [-0.1, -0.05) is 29.8 Å². The van der Waals surface area contributed by atoms with Crippen molar-refractivity contribution in [1.82, 2.24) is 0 Å². The van der Waals surface area contributed by atoms with Crippen molar-refractivity contribution in [2.24, 2.45) is 0 Å². The summed E-state index contributed by atoms with van der Waals surface area (Å²) in [5, 5.41) is -4.63. The maximum atomic E-state index is 12.9. The summed E-state index contributed by atoms with van der Waals surface area (Å²) in [6.07, 6.45) is 0. The number of rotatable bonds is 3. The van der Waals surface area contributed by atoms with Crippen molar-refractivity contribution in [1.29, 1.82) is 0 Å². The molecule has 0 aliphatic carbocycles. The van der Waals surface area contributed by atoms with Crippen LogP contribution in [-0.4, -0.2) is 19.3 Å². The molecule has 1 aromatic carbocycles. The van der Waals surface area contributed by atoms with Crippen LogP contribution in [0.4, 0.5) is 13.2 Å². The predicted molar refractivity (Wildman–Crippen MR) is 49.3 cm³/mol. The molecule has 15 heavy (non-hydrogen) atoms. The highest BCUT2D eigenvalue weighted by Gasteiger charge is 2.53. The second kappa shape index (κ2) is 4.02. The number of halogens is 4. The first-order chi connectivity index (χ1) is 6.80. The molecule has 7 heteroatoms. The molecule has 2 nitrogen and oxygen atoms in total. The number of hydrogen-bond acceptors (Lipinski definition) is 2. The van der Waals surface area contributed by atoms with Crippen LogP contribution >= 0.6 is 11.6 Å². The quantitative estimate of drug-likeness (QED) is 0.781. The molecular weight excluding hydrogens is 253 g/mol. The Balaban J connectivity index is 3.27. The molecule has 0 radical (unpaired) electrons. The largest absolute Gasteiger partial charge is 0.393 e. The normalized spacial score (nSPS) is 14.9. The van der Waals surface area contributed by atoms with Crippen molar-refractivity contribution >= 4 is 21.4 Å². The Hall–Kier alpha value is -0.750. The lowest BCUT2D eigenvalue weighted by atomic mass is 10.4. The lowest BCUT2D eigenvalue weighted by Gasteiger charge is -2.16. The van der Waals surface area contributed by atoms with Crippen molar-refractivity contribution in [2.45, 2.75) is 15.8 Å². The van der Waals surface area contributed by atoms with E-state index in [1.54, 1.807) is 0 Å². The van der Waals surface area contributed by atoms with Crippen LogP contribution in [0.15, 0.2) is 35.2 Å². The molecule has 0 aromatic heterocycles. The molecule has 0 fully saturated rings. The molecule has 0 saturated carbocycles. The van der Waals surface area contributed by atoms with Crippen LogP contribution in [0, 0.1) is 0 Å². The van der Waals surface area contributed by atoms with Gasteiger partial charge in [-0.2, -0.15) is 8.78 Å². The van der Waals surface area contributed by atoms with E-state index < -0.39 is 25.6 Å².